The van der Waals surface area contributed by atoms with Gasteiger partial charge in [-0.25, -0.2) is 0 Å². The third-order valence-electron chi connectivity index (χ3n) is 2.54. The molecule has 2 unspecified atom stereocenters. The lowest BCUT2D eigenvalue weighted by Gasteiger charge is -2.23. The number of amides is 1. The molecule has 0 aromatic heterocycles. The Labute approximate surface area is 74.1 Å². The van der Waals surface area contributed by atoms with E-state index in [1.807, 2.05) is 11.8 Å². The average molecular weight is 170 g/mol. The van der Waals surface area contributed by atoms with Crippen molar-refractivity contribution in [3.05, 3.63) is 0 Å². The summed E-state index contributed by atoms with van der Waals surface area (Å²) >= 11 is 0. The molecule has 1 aliphatic heterocycles. The van der Waals surface area contributed by atoms with Crippen LogP contribution in [-0.2, 0) is 4.79 Å². The van der Waals surface area contributed by atoms with Crippen LogP contribution in [0.25, 0.3) is 0 Å². The van der Waals surface area contributed by atoms with Gasteiger partial charge in [-0.1, -0.05) is 20.3 Å². The van der Waals surface area contributed by atoms with Crippen LogP contribution in [0.3, 0.4) is 0 Å². The van der Waals surface area contributed by atoms with Crippen molar-refractivity contribution in [3.63, 3.8) is 0 Å². The van der Waals surface area contributed by atoms with E-state index in [-0.39, 0.29) is 12.1 Å². The van der Waals surface area contributed by atoms with Gasteiger partial charge in [0.1, 0.15) is 0 Å². The molecule has 12 heavy (non-hydrogen) atoms. The number of nitrogens with one attached hydrogen (secondary N) is 1. The summed E-state index contributed by atoms with van der Waals surface area (Å²) < 4.78 is 0. The highest BCUT2D eigenvalue weighted by molar-refractivity contribution is 5.80. The van der Waals surface area contributed by atoms with E-state index in [9.17, 15) is 4.79 Å². The molecule has 70 valence electrons. The summed E-state index contributed by atoms with van der Waals surface area (Å²) in [5, 5.41) is 3.13. The van der Waals surface area contributed by atoms with Gasteiger partial charge >= 0.3 is 0 Å². The highest BCUT2D eigenvalue weighted by atomic mass is 16.2. The summed E-state index contributed by atoms with van der Waals surface area (Å²) in [6.45, 7) is 7.77. The van der Waals surface area contributed by atoms with E-state index < -0.39 is 0 Å². The normalized spacial score (nSPS) is 26.4. The number of nitrogens with zero attached hydrogens (tertiary/aromatic N) is 1. The maximum absolute atomic E-state index is 11.3. The van der Waals surface area contributed by atoms with Crippen molar-refractivity contribution in [2.75, 3.05) is 13.1 Å². The summed E-state index contributed by atoms with van der Waals surface area (Å²) in [6, 6.07) is 0. The van der Waals surface area contributed by atoms with E-state index in [1.54, 1.807) is 0 Å². The molecule has 0 saturated carbocycles. The quantitative estimate of drug-likeness (QED) is 0.680. The number of carbonyl (C=O) groups excluding carboxylic acids is 1. The number of carbonyl (C=O) groups is 1. The highest BCUT2D eigenvalue weighted by Gasteiger charge is 2.27. The lowest BCUT2D eigenvalue weighted by atomic mass is 10.1. The smallest absolute Gasteiger partial charge is 0.237 e. The van der Waals surface area contributed by atoms with E-state index in [2.05, 4.69) is 19.2 Å². The molecule has 0 aromatic carbocycles. The van der Waals surface area contributed by atoms with Crippen molar-refractivity contribution in [3.8, 4) is 0 Å². The van der Waals surface area contributed by atoms with E-state index in [1.165, 1.54) is 0 Å². The minimum Gasteiger partial charge on any atom is -0.326 e. The Morgan fingerprint density at radius 2 is 2.42 bits per heavy atom. The molecule has 1 N–H and O–H groups in total. The van der Waals surface area contributed by atoms with Crippen molar-refractivity contribution in [1.82, 2.24) is 10.2 Å². The summed E-state index contributed by atoms with van der Waals surface area (Å²) in [5.41, 5.74) is 0. The van der Waals surface area contributed by atoms with Crippen LogP contribution in [0, 0.1) is 5.92 Å². The molecule has 0 aliphatic carbocycles. The zero-order chi connectivity index (χ0) is 9.14. The van der Waals surface area contributed by atoms with E-state index in [4.69, 9.17) is 0 Å². The predicted octanol–water partition coefficient (Wildman–Crippen LogP) is 0.810. The Bertz CT molecular complexity index is 170. The second kappa shape index (κ2) is 3.90. The second-order valence-corrected chi connectivity index (χ2v) is 3.62. The third kappa shape index (κ3) is 1.97. The summed E-state index contributed by atoms with van der Waals surface area (Å²) in [5.74, 6) is 0.846. The number of hydrogen-bond acceptors (Lipinski definition) is 2. The number of rotatable bonds is 3. The predicted molar refractivity (Wildman–Crippen MR) is 48.6 cm³/mol. The highest BCUT2D eigenvalue weighted by Crippen LogP contribution is 2.10. The van der Waals surface area contributed by atoms with Gasteiger partial charge in [-0.05, 0) is 12.8 Å². The van der Waals surface area contributed by atoms with Crippen LogP contribution in [0.2, 0.25) is 0 Å². The molecule has 1 amide bonds. The first-order valence-electron chi connectivity index (χ1n) is 4.68. The largest absolute Gasteiger partial charge is 0.326 e. The van der Waals surface area contributed by atoms with E-state index >= 15 is 0 Å². The van der Waals surface area contributed by atoms with E-state index in [0.29, 0.717) is 12.5 Å². The zero-order valence-corrected chi connectivity index (χ0v) is 8.13. The molecular weight excluding hydrogens is 152 g/mol. The molecule has 1 aliphatic rings. The molecule has 1 rings (SSSR count). The SMILES string of the molecule is CCC(C)CN1C(=O)CNC1C. The van der Waals surface area contributed by atoms with Crippen LogP contribution in [-0.4, -0.2) is 30.1 Å². The standard InChI is InChI=1S/C9H18N2O/c1-4-7(2)6-11-8(3)10-5-9(11)12/h7-8,10H,4-6H2,1-3H3. The molecule has 3 nitrogen and oxygen atoms in total. The first kappa shape index (κ1) is 9.52. The molecule has 0 radical (unpaired) electrons. The maximum atomic E-state index is 11.3. The van der Waals surface area contributed by atoms with Crippen LogP contribution < -0.4 is 5.32 Å². The first-order valence-corrected chi connectivity index (χ1v) is 4.68. The summed E-state index contributed by atoms with van der Waals surface area (Å²) in [4.78, 5) is 13.2. The molecule has 0 bridgehead atoms. The van der Waals surface area contributed by atoms with Crippen LogP contribution >= 0.6 is 0 Å². The Morgan fingerprint density at radius 3 is 2.83 bits per heavy atom. The molecule has 2 atom stereocenters. The van der Waals surface area contributed by atoms with Crippen LogP contribution in [0.4, 0.5) is 0 Å². The fourth-order valence-electron chi connectivity index (χ4n) is 1.39. The Morgan fingerprint density at radius 1 is 1.75 bits per heavy atom. The van der Waals surface area contributed by atoms with Gasteiger partial charge in [0, 0.05) is 6.54 Å². The molecule has 1 fully saturated rings. The molecule has 0 aromatic rings. The van der Waals surface area contributed by atoms with Crippen LogP contribution in [0.1, 0.15) is 27.2 Å². The van der Waals surface area contributed by atoms with Crippen molar-refractivity contribution in [2.45, 2.75) is 33.4 Å². The average Bonchev–Trinajstić information content (AvgIpc) is 2.35. The molecule has 0 spiro atoms. The van der Waals surface area contributed by atoms with Gasteiger partial charge in [0.2, 0.25) is 5.91 Å². The van der Waals surface area contributed by atoms with Gasteiger partial charge in [0.15, 0.2) is 0 Å². The Balaban J connectivity index is 2.44. The Hall–Kier alpha value is -0.570. The zero-order valence-electron chi connectivity index (χ0n) is 8.13. The van der Waals surface area contributed by atoms with Gasteiger partial charge < -0.3 is 4.90 Å². The van der Waals surface area contributed by atoms with E-state index in [0.717, 1.165) is 13.0 Å². The van der Waals surface area contributed by atoms with Gasteiger partial charge in [0.25, 0.3) is 0 Å². The van der Waals surface area contributed by atoms with Gasteiger partial charge in [-0.3, -0.25) is 10.1 Å². The molecule has 1 saturated heterocycles. The molecular formula is C9H18N2O. The second-order valence-electron chi connectivity index (χ2n) is 3.62. The Kier molecular flexibility index (Phi) is 3.09. The van der Waals surface area contributed by atoms with Crippen molar-refractivity contribution >= 4 is 5.91 Å². The fraction of sp³-hybridized carbons (Fsp3) is 0.889. The van der Waals surface area contributed by atoms with Crippen molar-refractivity contribution in [1.29, 1.82) is 0 Å². The molecule has 3 heteroatoms. The lowest BCUT2D eigenvalue weighted by molar-refractivity contribution is -0.128. The summed E-state index contributed by atoms with van der Waals surface area (Å²) in [6.07, 6.45) is 1.36. The van der Waals surface area contributed by atoms with Crippen molar-refractivity contribution in [2.24, 2.45) is 5.92 Å². The lowest BCUT2D eigenvalue weighted by Crippen LogP contribution is -2.37. The van der Waals surface area contributed by atoms with Gasteiger partial charge in [0.05, 0.1) is 12.7 Å². The minimum absolute atomic E-state index is 0.228. The topological polar surface area (TPSA) is 32.3 Å². The van der Waals surface area contributed by atoms with Crippen LogP contribution in [0.5, 0.6) is 0 Å². The van der Waals surface area contributed by atoms with Gasteiger partial charge in [-0.2, -0.15) is 0 Å². The summed E-state index contributed by atoms with van der Waals surface area (Å²) in [7, 11) is 0. The maximum Gasteiger partial charge on any atom is 0.237 e. The van der Waals surface area contributed by atoms with Gasteiger partial charge in [-0.15, -0.1) is 0 Å². The first-order chi connectivity index (χ1) is 5.65. The monoisotopic (exact) mass is 170 g/mol. The fourth-order valence-corrected chi connectivity index (χ4v) is 1.39. The minimum atomic E-state index is 0.228. The van der Waals surface area contributed by atoms with Crippen molar-refractivity contribution < 1.29 is 4.79 Å². The van der Waals surface area contributed by atoms with Crippen LogP contribution in [0.15, 0.2) is 0 Å². The molecule has 1 heterocycles. The third-order valence-corrected chi connectivity index (χ3v) is 2.54. The number of hydrogen-bond donors (Lipinski definition) is 1.